The largest absolute Gasteiger partial charge is 0.489 e. The molecule has 1 aliphatic rings. The summed E-state index contributed by atoms with van der Waals surface area (Å²) < 4.78 is 21.6. The van der Waals surface area contributed by atoms with Gasteiger partial charge in [0.05, 0.1) is 6.61 Å². The molecule has 0 radical (unpaired) electrons. The van der Waals surface area contributed by atoms with Gasteiger partial charge in [0.15, 0.2) is 11.5 Å². The van der Waals surface area contributed by atoms with E-state index >= 15 is 0 Å². The van der Waals surface area contributed by atoms with Crippen molar-refractivity contribution < 1.29 is 18.9 Å². The monoisotopic (exact) mass is 279 g/mol. The van der Waals surface area contributed by atoms with Crippen LogP contribution < -0.4 is 19.5 Å². The third kappa shape index (κ3) is 3.88. The van der Waals surface area contributed by atoms with Crippen molar-refractivity contribution in [2.24, 2.45) is 0 Å². The summed E-state index contributed by atoms with van der Waals surface area (Å²) in [6.07, 6.45) is 3.93. The summed E-state index contributed by atoms with van der Waals surface area (Å²) in [5.41, 5.74) is 1.05. The highest BCUT2D eigenvalue weighted by Crippen LogP contribution is 2.38. The Morgan fingerprint density at radius 3 is 2.85 bits per heavy atom. The Kier molecular flexibility index (Phi) is 5.70. The van der Waals surface area contributed by atoms with Crippen molar-refractivity contribution in [3.63, 3.8) is 0 Å². The predicted octanol–water partition coefficient (Wildman–Crippen LogP) is 2.11. The highest BCUT2D eigenvalue weighted by Gasteiger charge is 2.17. The zero-order valence-electron chi connectivity index (χ0n) is 12.0. The number of benzene rings is 1. The summed E-state index contributed by atoms with van der Waals surface area (Å²) in [5.74, 6) is 2.32. The second kappa shape index (κ2) is 7.77. The Hall–Kier alpha value is -1.72. The molecule has 1 aromatic rings. The van der Waals surface area contributed by atoms with Crippen LogP contribution in [0.5, 0.6) is 17.2 Å². The molecule has 1 aromatic carbocycles. The zero-order valence-corrected chi connectivity index (χ0v) is 12.0. The molecule has 0 amide bonds. The number of ether oxygens (including phenoxy) is 4. The number of methoxy groups -OCH3 is 1. The minimum atomic E-state index is 0.268. The maximum absolute atomic E-state index is 5.77. The molecule has 0 unspecified atom stereocenters. The zero-order chi connectivity index (χ0) is 14.2. The van der Waals surface area contributed by atoms with Gasteiger partial charge in [0.25, 0.3) is 0 Å². The fraction of sp³-hybridized carbons (Fsp3) is 0.467. The Morgan fingerprint density at radius 2 is 2.10 bits per heavy atom. The quantitative estimate of drug-likeness (QED) is 0.583. The molecule has 5 heteroatoms. The van der Waals surface area contributed by atoms with Crippen molar-refractivity contribution >= 4 is 0 Å². The van der Waals surface area contributed by atoms with Crippen molar-refractivity contribution in [1.29, 1.82) is 0 Å². The third-order valence-electron chi connectivity index (χ3n) is 2.92. The molecule has 20 heavy (non-hydrogen) atoms. The van der Waals surface area contributed by atoms with Crippen LogP contribution in [0.25, 0.3) is 0 Å². The molecule has 1 N–H and O–H groups in total. The molecule has 1 aliphatic heterocycles. The second-order valence-corrected chi connectivity index (χ2v) is 4.36. The van der Waals surface area contributed by atoms with Gasteiger partial charge in [-0.05, 0) is 13.0 Å². The summed E-state index contributed by atoms with van der Waals surface area (Å²) in [6, 6.07) is 3.85. The first-order valence-corrected chi connectivity index (χ1v) is 6.71. The lowest BCUT2D eigenvalue weighted by atomic mass is 10.1. The van der Waals surface area contributed by atoms with Gasteiger partial charge in [-0.15, -0.1) is 0 Å². The van der Waals surface area contributed by atoms with E-state index in [0.717, 1.165) is 29.4 Å². The normalized spacial score (nSPS) is 13.1. The van der Waals surface area contributed by atoms with E-state index in [1.54, 1.807) is 7.11 Å². The molecule has 5 nitrogen and oxygen atoms in total. The Balaban J connectivity index is 2.05. The first-order valence-electron chi connectivity index (χ1n) is 6.71. The molecule has 110 valence electrons. The van der Waals surface area contributed by atoms with Crippen molar-refractivity contribution in [2.45, 2.75) is 13.5 Å². The minimum Gasteiger partial charge on any atom is -0.489 e. The molecule has 0 saturated heterocycles. The van der Waals surface area contributed by atoms with Gasteiger partial charge >= 0.3 is 0 Å². The lowest BCUT2D eigenvalue weighted by molar-refractivity contribution is 0.174. The van der Waals surface area contributed by atoms with Crippen LogP contribution in [0, 0.1) is 0 Å². The molecule has 0 aliphatic carbocycles. The van der Waals surface area contributed by atoms with Gasteiger partial charge in [-0.1, -0.05) is 12.2 Å². The minimum absolute atomic E-state index is 0.268. The molecule has 0 bridgehead atoms. The Labute approximate surface area is 119 Å². The number of allylic oxidation sites excluding steroid dienone is 1. The standard InChI is InChI=1S/C15H21NO4/c1-3-4-6-18-13-9-15-14(19-11-20-15)8-12(13)10-16-5-7-17-2/h3-4,8-9,16H,5-7,10-11H2,1-2H3. The summed E-state index contributed by atoms with van der Waals surface area (Å²) in [6.45, 7) is 4.95. The topological polar surface area (TPSA) is 49.0 Å². The number of fused-ring (bicyclic) bond motifs is 1. The molecular weight excluding hydrogens is 258 g/mol. The van der Waals surface area contributed by atoms with Gasteiger partial charge in [-0.2, -0.15) is 0 Å². The number of hydrogen-bond donors (Lipinski definition) is 1. The Morgan fingerprint density at radius 1 is 1.30 bits per heavy atom. The van der Waals surface area contributed by atoms with Crippen molar-refractivity contribution in [2.75, 3.05) is 33.7 Å². The second-order valence-electron chi connectivity index (χ2n) is 4.36. The van der Waals surface area contributed by atoms with Crippen LogP contribution in [0.15, 0.2) is 24.3 Å². The van der Waals surface area contributed by atoms with E-state index in [1.807, 2.05) is 31.2 Å². The van der Waals surface area contributed by atoms with Gasteiger partial charge < -0.3 is 24.3 Å². The number of rotatable bonds is 8. The molecule has 0 saturated carbocycles. The molecule has 0 aromatic heterocycles. The first-order chi connectivity index (χ1) is 9.85. The van der Waals surface area contributed by atoms with E-state index in [-0.39, 0.29) is 6.79 Å². The van der Waals surface area contributed by atoms with Gasteiger partial charge in [0.2, 0.25) is 6.79 Å². The molecule has 0 atom stereocenters. The predicted molar refractivity (Wildman–Crippen MR) is 76.5 cm³/mol. The van der Waals surface area contributed by atoms with Gasteiger partial charge in [0.1, 0.15) is 12.4 Å². The van der Waals surface area contributed by atoms with Crippen LogP contribution >= 0.6 is 0 Å². The lowest BCUT2D eigenvalue weighted by Gasteiger charge is -2.12. The average molecular weight is 279 g/mol. The van der Waals surface area contributed by atoms with E-state index in [4.69, 9.17) is 18.9 Å². The van der Waals surface area contributed by atoms with Gasteiger partial charge in [-0.25, -0.2) is 0 Å². The summed E-state index contributed by atoms with van der Waals surface area (Å²) >= 11 is 0. The Bertz CT molecular complexity index is 459. The highest BCUT2D eigenvalue weighted by atomic mass is 16.7. The SMILES string of the molecule is CC=CCOc1cc2c(cc1CNCCOC)OCO2. The van der Waals surface area contributed by atoms with Crippen LogP contribution in [-0.2, 0) is 11.3 Å². The van der Waals surface area contributed by atoms with E-state index in [2.05, 4.69) is 5.32 Å². The molecular formula is C15H21NO4. The number of nitrogens with one attached hydrogen (secondary N) is 1. The maximum atomic E-state index is 5.77. The molecule has 1 heterocycles. The fourth-order valence-corrected chi connectivity index (χ4v) is 1.87. The van der Waals surface area contributed by atoms with Crippen LogP contribution in [0.3, 0.4) is 0 Å². The maximum Gasteiger partial charge on any atom is 0.231 e. The van der Waals surface area contributed by atoms with E-state index in [9.17, 15) is 0 Å². The van der Waals surface area contributed by atoms with Crippen molar-refractivity contribution in [3.05, 3.63) is 29.8 Å². The van der Waals surface area contributed by atoms with E-state index < -0.39 is 0 Å². The van der Waals surface area contributed by atoms with Crippen LogP contribution in [-0.4, -0.2) is 33.7 Å². The number of hydrogen-bond acceptors (Lipinski definition) is 5. The molecule has 0 fully saturated rings. The van der Waals surface area contributed by atoms with Crippen molar-refractivity contribution in [1.82, 2.24) is 5.32 Å². The highest BCUT2D eigenvalue weighted by molar-refractivity contribution is 5.51. The van der Waals surface area contributed by atoms with E-state index in [1.165, 1.54) is 0 Å². The molecule has 0 spiro atoms. The van der Waals surface area contributed by atoms with E-state index in [0.29, 0.717) is 19.8 Å². The molecule has 2 rings (SSSR count). The van der Waals surface area contributed by atoms with Crippen LogP contribution in [0.2, 0.25) is 0 Å². The van der Waals surface area contributed by atoms with Gasteiger partial charge in [-0.3, -0.25) is 0 Å². The van der Waals surface area contributed by atoms with Crippen LogP contribution in [0.4, 0.5) is 0 Å². The summed E-state index contributed by atoms with van der Waals surface area (Å²) in [5, 5.41) is 3.31. The summed E-state index contributed by atoms with van der Waals surface area (Å²) in [4.78, 5) is 0. The first kappa shape index (κ1) is 14.7. The third-order valence-corrected chi connectivity index (χ3v) is 2.92. The lowest BCUT2D eigenvalue weighted by Crippen LogP contribution is -2.19. The van der Waals surface area contributed by atoms with Crippen molar-refractivity contribution in [3.8, 4) is 17.2 Å². The average Bonchev–Trinajstić information content (AvgIpc) is 2.91. The fourth-order valence-electron chi connectivity index (χ4n) is 1.87. The summed E-state index contributed by atoms with van der Waals surface area (Å²) in [7, 11) is 1.69. The van der Waals surface area contributed by atoms with Crippen LogP contribution in [0.1, 0.15) is 12.5 Å². The van der Waals surface area contributed by atoms with Gasteiger partial charge in [0, 0.05) is 31.8 Å². The smallest absolute Gasteiger partial charge is 0.231 e.